The van der Waals surface area contributed by atoms with E-state index in [4.69, 9.17) is 0 Å². The number of halogens is 2. The Hall–Kier alpha value is -1.44. The van der Waals surface area contributed by atoms with Gasteiger partial charge in [0.25, 0.3) is 0 Å². The zero-order chi connectivity index (χ0) is 17.6. The molecule has 0 saturated carbocycles. The van der Waals surface area contributed by atoms with Crippen molar-refractivity contribution in [2.45, 2.75) is 6.55 Å². The van der Waals surface area contributed by atoms with E-state index < -0.39 is 8.07 Å². The van der Waals surface area contributed by atoms with Crippen LogP contribution < -0.4 is 40.4 Å². The molecule has 0 fully saturated rings. The first-order chi connectivity index (χ1) is 12.7. The molecule has 0 atom stereocenters. The van der Waals surface area contributed by atoms with Gasteiger partial charge < -0.3 is 24.8 Å². The van der Waals surface area contributed by atoms with Crippen LogP contribution in [0.5, 0.6) is 0 Å². The van der Waals surface area contributed by atoms with Crippen LogP contribution in [0.15, 0.2) is 103 Å². The summed E-state index contributed by atoms with van der Waals surface area (Å²) in [5, 5.41) is 9.80. The van der Waals surface area contributed by atoms with Crippen molar-refractivity contribution < 1.29 is 51.0 Å². The molecule has 0 bridgehead atoms. The van der Waals surface area contributed by atoms with Gasteiger partial charge in [0.05, 0.1) is 0 Å². The monoisotopic (exact) mass is 508 g/mol. The third-order valence-corrected chi connectivity index (χ3v) is 10.1. The van der Waals surface area contributed by atoms with Gasteiger partial charge in [-0.2, -0.15) is 22.9 Å². The minimum Gasteiger partial charge on any atom is -1.00 e. The van der Waals surface area contributed by atoms with Gasteiger partial charge in [-0.05, 0) is 0 Å². The van der Waals surface area contributed by atoms with Crippen LogP contribution in [0, 0.1) is 0 Å². The van der Waals surface area contributed by atoms with Gasteiger partial charge in [-0.3, -0.25) is 0 Å². The van der Waals surface area contributed by atoms with E-state index in [9.17, 15) is 0 Å². The van der Waals surface area contributed by atoms with E-state index in [2.05, 4.69) is 110 Å². The first kappa shape index (κ1) is 23.8. The number of benzene rings is 3. The maximum absolute atomic E-state index is 2.49. The molecule has 0 spiro atoms. The topological polar surface area (TPSA) is 0 Å². The molecule has 0 saturated heterocycles. The van der Waals surface area contributed by atoms with Crippen LogP contribution in [0.3, 0.4) is 0 Å². The molecule has 0 unspecified atom stereocenters. The smallest absolute Gasteiger partial charge is 1.00 e. The van der Waals surface area contributed by atoms with E-state index in [1.54, 1.807) is 0 Å². The van der Waals surface area contributed by atoms with Gasteiger partial charge in [-0.25, -0.2) is 0 Å². The van der Waals surface area contributed by atoms with Gasteiger partial charge in [0.15, 0.2) is 0 Å². The number of fused-ring (bicyclic) bond motifs is 2. The van der Waals surface area contributed by atoms with Crippen molar-refractivity contribution >= 4 is 45.2 Å². The van der Waals surface area contributed by atoms with Crippen molar-refractivity contribution in [3.63, 3.8) is 0 Å². The van der Waals surface area contributed by atoms with Gasteiger partial charge in [0.1, 0.15) is 8.07 Å². The van der Waals surface area contributed by atoms with Crippen molar-refractivity contribution in [2.24, 2.45) is 0 Å². The normalized spacial score (nSPS) is 10.8. The molecule has 0 aliphatic rings. The van der Waals surface area contributed by atoms with E-state index in [0.717, 1.165) is 0 Å². The molecule has 0 nitrogen and oxygen atoms in total. The minimum absolute atomic E-state index is 0. The fourth-order valence-electron chi connectivity index (χ4n) is 4.15. The summed E-state index contributed by atoms with van der Waals surface area (Å²) in [6.07, 6.45) is 0. The summed E-state index contributed by atoms with van der Waals surface area (Å²) in [6, 6.07) is 38.1. The van der Waals surface area contributed by atoms with E-state index in [1.165, 1.54) is 37.1 Å². The molecular formula is C25H20Cl2SiZr. The molecule has 0 heterocycles. The summed E-state index contributed by atoms with van der Waals surface area (Å²) in [5.74, 6) is 0. The Bertz CT molecular complexity index is 1070. The van der Waals surface area contributed by atoms with E-state index >= 15 is 0 Å². The second kappa shape index (κ2) is 9.58. The fraction of sp³-hybridized carbons (Fsp3) is 0.0400. The van der Waals surface area contributed by atoms with Crippen LogP contribution >= 0.6 is 0 Å². The third-order valence-electron chi connectivity index (χ3n) is 5.74. The summed E-state index contributed by atoms with van der Waals surface area (Å²) in [4.78, 5) is 0. The average Bonchev–Trinajstić information content (AvgIpc) is 3.32. The molecule has 4 heteroatoms. The standard InChI is InChI=1S/C25H20Si.2ClH.Zr/c1-26(23-13-3-2-4-14-23,24-15-19-9-5-6-10-20(19)16-24)25-17-21-11-7-8-12-22(21)18-25;;;/h2-18H,1H3;2*1H;/q-2;;;+4/p-2. The Kier molecular flexibility index (Phi) is 7.87. The molecular weight excluding hydrogens is 490 g/mol. The molecule has 142 valence electrons. The second-order valence-corrected chi connectivity index (χ2v) is 11.2. The molecule has 5 rings (SSSR count). The Labute approximate surface area is 204 Å². The average molecular weight is 511 g/mol. The van der Waals surface area contributed by atoms with E-state index in [-0.39, 0.29) is 51.0 Å². The first-order valence-corrected chi connectivity index (χ1v) is 11.6. The molecule has 0 N–H and O–H groups in total. The Morgan fingerprint density at radius 1 is 0.586 bits per heavy atom. The largest absolute Gasteiger partial charge is 4.00 e. The fourth-order valence-corrected chi connectivity index (χ4v) is 7.79. The summed E-state index contributed by atoms with van der Waals surface area (Å²) in [7, 11) is -2.04. The second-order valence-electron chi connectivity index (χ2n) is 7.24. The first-order valence-electron chi connectivity index (χ1n) is 9.12. The van der Waals surface area contributed by atoms with Gasteiger partial charge in [-0.1, -0.05) is 54.2 Å². The summed E-state index contributed by atoms with van der Waals surface area (Å²) >= 11 is 0. The van der Waals surface area contributed by atoms with Crippen LogP contribution in [0.1, 0.15) is 0 Å². The van der Waals surface area contributed by atoms with Crippen LogP contribution in [0.4, 0.5) is 0 Å². The molecule has 0 aliphatic carbocycles. The number of hydrogen-bond donors (Lipinski definition) is 0. The molecule has 0 aromatic heterocycles. The number of hydrogen-bond acceptors (Lipinski definition) is 0. The predicted molar refractivity (Wildman–Crippen MR) is 116 cm³/mol. The SMILES string of the molecule is C[Si](c1ccccc1)(c1cc2ccccc2[cH-]1)c1cc2ccccc2[cH-]1.[Cl-].[Cl-].[Zr+4]. The van der Waals surface area contributed by atoms with Gasteiger partial charge in [0.2, 0.25) is 0 Å². The maximum atomic E-state index is 2.49. The summed E-state index contributed by atoms with van der Waals surface area (Å²) in [6.45, 7) is 2.49. The zero-order valence-electron chi connectivity index (χ0n) is 16.1. The Morgan fingerprint density at radius 3 is 1.45 bits per heavy atom. The van der Waals surface area contributed by atoms with Crippen LogP contribution in [-0.2, 0) is 26.2 Å². The van der Waals surface area contributed by atoms with E-state index in [1.807, 2.05) is 0 Å². The van der Waals surface area contributed by atoms with Gasteiger partial charge >= 0.3 is 26.2 Å². The van der Waals surface area contributed by atoms with Gasteiger partial charge in [0, 0.05) is 0 Å². The maximum Gasteiger partial charge on any atom is 4.00 e. The summed E-state index contributed by atoms with van der Waals surface area (Å²) < 4.78 is 0. The van der Waals surface area contributed by atoms with Gasteiger partial charge in [-0.15, -0.1) is 69.7 Å². The molecule has 5 aromatic carbocycles. The Balaban J connectivity index is 0.000001000. The number of rotatable bonds is 3. The van der Waals surface area contributed by atoms with Crippen LogP contribution in [-0.4, -0.2) is 8.07 Å². The third kappa shape index (κ3) is 4.09. The Morgan fingerprint density at radius 2 is 1.00 bits per heavy atom. The van der Waals surface area contributed by atoms with Crippen molar-refractivity contribution in [2.75, 3.05) is 0 Å². The summed E-state index contributed by atoms with van der Waals surface area (Å²) in [5.41, 5.74) is 0. The van der Waals surface area contributed by atoms with Crippen molar-refractivity contribution in [1.82, 2.24) is 0 Å². The molecule has 0 aliphatic heterocycles. The quantitative estimate of drug-likeness (QED) is 0.206. The predicted octanol–water partition coefficient (Wildman–Crippen LogP) is -1.46. The molecule has 5 aromatic rings. The molecule has 0 radical (unpaired) electrons. The zero-order valence-corrected chi connectivity index (χ0v) is 21.0. The van der Waals surface area contributed by atoms with Crippen LogP contribution in [0.25, 0.3) is 21.5 Å². The van der Waals surface area contributed by atoms with Crippen molar-refractivity contribution in [3.8, 4) is 0 Å². The van der Waals surface area contributed by atoms with Crippen LogP contribution in [0.2, 0.25) is 6.55 Å². The molecule has 29 heavy (non-hydrogen) atoms. The van der Waals surface area contributed by atoms with Crippen molar-refractivity contribution in [3.05, 3.63) is 103 Å². The minimum atomic E-state index is -2.04. The van der Waals surface area contributed by atoms with Crippen molar-refractivity contribution in [1.29, 1.82) is 0 Å². The molecule has 0 amide bonds. The van der Waals surface area contributed by atoms with E-state index in [0.29, 0.717) is 0 Å².